The minimum Gasteiger partial charge on any atom is -0.493 e. The first-order chi connectivity index (χ1) is 7.36. The molecule has 0 bridgehead atoms. The van der Waals surface area contributed by atoms with Crippen LogP contribution in [0.15, 0.2) is 24.3 Å². The zero-order valence-corrected chi connectivity index (χ0v) is 8.86. The molecule has 1 saturated carbocycles. The number of nitrogens with two attached hydrogens (primary N) is 1. The summed E-state index contributed by atoms with van der Waals surface area (Å²) in [6, 6.07) is 8.60. The van der Waals surface area contributed by atoms with E-state index < -0.39 is 0 Å². The van der Waals surface area contributed by atoms with E-state index >= 15 is 0 Å². The predicted octanol–water partition coefficient (Wildman–Crippen LogP) is 2.29. The number of rotatable bonds is 2. The van der Waals surface area contributed by atoms with E-state index in [0.717, 1.165) is 18.3 Å². The minimum absolute atomic E-state index is 0.294. The highest BCUT2D eigenvalue weighted by Crippen LogP contribution is 2.41. The molecule has 1 aromatic carbocycles. The van der Waals surface area contributed by atoms with Crippen molar-refractivity contribution in [1.82, 2.24) is 0 Å². The van der Waals surface area contributed by atoms with Crippen molar-refractivity contribution in [3.8, 4) is 5.75 Å². The van der Waals surface area contributed by atoms with E-state index in [0.29, 0.717) is 12.0 Å². The lowest BCUT2D eigenvalue weighted by atomic mass is 9.74. The van der Waals surface area contributed by atoms with Crippen LogP contribution >= 0.6 is 0 Å². The standard InChI is InChI=1S/C13H17NO/c14-13(9-4-3-5-9)11-8-15-12-7-2-1-6-10(11)12/h1-2,6-7,9,11,13H,3-5,8,14H2. The van der Waals surface area contributed by atoms with Crippen LogP contribution in [0.2, 0.25) is 0 Å². The van der Waals surface area contributed by atoms with E-state index in [-0.39, 0.29) is 0 Å². The summed E-state index contributed by atoms with van der Waals surface area (Å²) in [7, 11) is 0. The smallest absolute Gasteiger partial charge is 0.122 e. The van der Waals surface area contributed by atoms with Crippen LogP contribution in [0.1, 0.15) is 30.7 Å². The molecule has 0 spiro atoms. The maximum atomic E-state index is 6.32. The Labute approximate surface area is 90.4 Å². The summed E-state index contributed by atoms with van der Waals surface area (Å²) >= 11 is 0. The summed E-state index contributed by atoms with van der Waals surface area (Å²) in [6.45, 7) is 0.775. The van der Waals surface area contributed by atoms with Gasteiger partial charge in [0.2, 0.25) is 0 Å². The van der Waals surface area contributed by atoms with Gasteiger partial charge in [0.05, 0.1) is 6.61 Å². The lowest BCUT2D eigenvalue weighted by molar-refractivity contribution is 0.214. The van der Waals surface area contributed by atoms with Gasteiger partial charge in [0, 0.05) is 17.5 Å². The van der Waals surface area contributed by atoms with Crippen LogP contribution in [-0.4, -0.2) is 12.6 Å². The van der Waals surface area contributed by atoms with Crippen molar-refractivity contribution in [3.05, 3.63) is 29.8 Å². The molecule has 0 amide bonds. The van der Waals surface area contributed by atoms with Crippen LogP contribution in [0.25, 0.3) is 0 Å². The molecule has 2 unspecified atom stereocenters. The highest BCUT2D eigenvalue weighted by molar-refractivity contribution is 5.40. The van der Waals surface area contributed by atoms with Crippen molar-refractivity contribution < 1.29 is 4.74 Å². The molecule has 15 heavy (non-hydrogen) atoms. The van der Waals surface area contributed by atoms with Gasteiger partial charge in [-0.1, -0.05) is 24.6 Å². The molecular weight excluding hydrogens is 186 g/mol. The summed E-state index contributed by atoms with van der Waals surface area (Å²) in [5.41, 5.74) is 7.64. The third kappa shape index (κ3) is 1.44. The van der Waals surface area contributed by atoms with Gasteiger partial charge in [0.1, 0.15) is 5.75 Å². The average molecular weight is 203 g/mol. The highest BCUT2D eigenvalue weighted by Gasteiger charge is 2.35. The fourth-order valence-electron chi connectivity index (χ4n) is 2.66. The minimum atomic E-state index is 0.294. The van der Waals surface area contributed by atoms with E-state index in [1.807, 2.05) is 12.1 Å². The zero-order valence-electron chi connectivity index (χ0n) is 8.86. The van der Waals surface area contributed by atoms with Gasteiger partial charge in [-0.2, -0.15) is 0 Å². The number of benzene rings is 1. The normalized spacial score (nSPS) is 26.6. The molecule has 2 nitrogen and oxygen atoms in total. The van der Waals surface area contributed by atoms with Crippen molar-refractivity contribution in [2.24, 2.45) is 11.7 Å². The molecule has 0 aromatic heterocycles. The molecule has 0 saturated heterocycles. The first kappa shape index (κ1) is 9.22. The van der Waals surface area contributed by atoms with Crippen molar-refractivity contribution in [1.29, 1.82) is 0 Å². The fraction of sp³-hybridized carbons (Fsp3) is 0.538. The van der Waals surface area contributed by atoms with Crippen LogP contribution in [-0.2, 0) is 0 Å². The first-order valence-electron chi connectivity index (χ1n) is 5.83. The number of para-hydroxylation sites is 1. The summed E-state index contributed by atoms with van der Waals surface area (Å²) in [5.74, 6) is 2.19. The molecule has 2 heteroatoms. The third-order valence-electron chi connectivity index (χ3n) is 3.90. The Morgan fingerprint density at radius 1 is 1.27 bits per heavy atom. The van der Waals surface area contributed by atoms with E-state index in [4.69, 9.17) is 10.5 Å². The Morgan fingerprint density at radius 3 is 2.80 bits per heavy atom. The maximum absolute atomic E-state index is 6.32. The van der Waals surface area contributed by atoms with Crippen LogP contribution in [0, 0.1) is 5.92 Å². The highest BCUT2D eigenvalue weighted by atomic mass is 16.5. The van der Waals surface area contributed by atoms with Crippen molar-refractivity contribution >= 4 is 0 Å². The second-order valence-electron chi connectivity index (χ2n) is 4.72. The van der Waals surface area contributed by atoms with Gasteiger partial charge in [-0.3, -0.25) is 0 Å². The molecule has 2 N–H and O–H groups in total. The third-order valence-corrected chi connectivity index (χ3v) is 3.90. The Hall–Kier alpha value is -1.02. The first-order valence-corrected chi connectivity index (χ1v) is 5.83. The van der Waals surface area contributed by atoms with E-state index in [1.54, 1.807) is 0 Å². The van der Waals surface area contributed by atoms with E-state index in [2.05, 4.69) is 12.1 Å². The molecular formula is C13H17NO. The Bertz CT molecular complexity index is 359. The second kappa shape index (κ2) is 3.53. The molecule has 80 valence electrons. The van der Waals surface area contributed by atoms with Crippen molar-refractivity contribution in [3.63, 3.8) is 0 Å². The van der Waals surface area contributed by atoms with Gasteiger partial charge in [0.25, 0.3) is 0 Å². The molecule has 1 heterocycles. The monoisotopic (exact) mass is 203 g/mol. The van der Waals surface area contributed by atoms with Crippen LogP contribution in [0.4, 0.5) is 0 Å². The molecule has 0 radical (unpaired) electrons. The SMILES string of the molecule is NC(C1CCC1)C1COc2ccccc21. The fourth-order valence-corrected chi connectivity index (χ4v) is 2.66. The van der Waals surface area contributed by atoms with Crippen molar-refractivity contribution in [2.75, 3.05) is 6.61 Å². The number of hydrogen-bond donors (Lipinski definition) is 1. The molecule has 1 aromatic rings. The summed E-state index contributed by atoms with van der Waals surface area (Å²) in [6.07, 6.45) is 3.97. The largest absolute Gasteiger partial charge is 0.493 e. The van der Waals surface area contributed by atoms with Gasteiger partial charge in [-0.05, 0) is 24.8 Å². The van der Waals surface area contributed by atoms with E-state index in [1.165, 1.54) is 24.8 Å². The second-order valence-corrected chi connectivity index (χ2v) is 4.72. The Balaban J connectivity index is 1.83. The maximum Gasteiger partial charge on any atom is 0.122 e. The van der Waals surface area contributed by atoms with Crippen LogP contribution < -0.4 is 10.5 Å². The molecule has 1 aliphatic heterocycles. The van der Waals surface area contributed by atoms with Gasteiger partial charge in [0.15, 0.2) is 0 Å². The molecule has 2 atom stereocenters. The predicted molar refractivity (Wildman–Crippen MR) is 60.0 cm³/mol. The van der Waals surface area contributed by atoms with Gasteiger partial charge in [-0.15, -0.1) is 0 Å². The summed E-state index contributed by atoms with van der Waals surface area (Å²) in [5, 5.41) is 0. The zero-order chi connectivity index (χ0) is 10.3. The lowest BCUT2D eigenvalue weighted by Gasteiger charge is -2.34. The lowest BCUT2D eigenvalue weighted by Crippen LogP contribution is -2.40. The molecule has 3 rings (SSSR count). The topological polar surface area (TPSA) is 35.2 Å². The van der Waals surface area contributed by atoms with E-state index in [9.17, 15) is 0 Å². The van der Waals surface area contributed by atoms with Crippen molar-refractivity contribution in [2.45, 2.75) is 31.2 Å². The van der Waals surface area contributed by atoms with Gasteiger partial charge < -0.3 is 10.5 Å². The quantitative estimate of drug-likeness (QED) is 0.800. The van der Waals surface area contributed by atoms with Crippen LogP contribution in [0.5, 0.6) is 5.75 Å². The van der Waals surface area contributed by atoms with Gasteiger partial charge in [-0.25, -0.2) is 0 Å². The Morgan fingerprint density at radius 2 is 2.07 bits per heavy atom. The number of fused-ring (bicyclic) bond motifs is 1. The Kier molecular flexibility index (Phi) is 2.17. The number of hydrogen-bond acceptors (Lipinski definition) is 2. The molecule has 2 aliphatic rings. The number of ether oxygens (including phenoxy) is 1. The van der Waals surface area contributed by atoms with Crippen LogP contribution in [0.3, 0.4) is 0 Å². The average Bonchev–Trinajstić information content (AvgIpc) is 2.58. The molecule has 1 aliphatic carbocycles. The summed E-state index contributed by atoms with van der Waals surface area (Å²) in [4.78, 5) is 0. The summed E-state index contributed by atoms with van der Waals surface area (Å²) < 4.78 is 5.67. The van der Waals surface area contributed by atoms with Gasteiger partial charge >= 0.3 is 0 Å². The molecule has 1 fully saturated rings.